The van der Waals surface area contributed by atoms with E-state index in [9.17, 15) is 17.6 Å². The lowest BCUT2D eigenvalue weighted by Gasteiger charge is -2.35. The minimum atomic E-state index is -4.42. The van der Waals surface area contributed by atoms with Crippen molar-refractivity contribution in [3.8, 4) is 0 Å². The first-order valence-corrected chi connectivity index (χ1v) is 6.71. The number of rotatable bonds is 7. The number of nitrogens with zero attached hydrogens (tertiary/aromatic N) is 1. The van der Waals surface area contributed by atoms with E-state index < -0.39 is 37.2 Å². The zero-order chi connectivity index (χ0) is 16.0. The van der Waals surface area contributed by atoms with Crippen LogP contribution in [-0.2, 0) is 0 Å². The molecular weight excluding hydrogens is 288 g/mol. The Balaban J connectivity index is 3.13. The highest BCUT2D eigenvalue weighted by Gasteiger charge is 2.36. The van der Waals surface area contributed by atoms with Crippen LogP contribution in [0.25, 0.3) is 0 Å². The van der Waals surface area contributed by atoms with E-state index in [1.54, 1.807) is 13.0 Å². The molecule has 3 nitrogen and oxygen atoms in total. The molecule has 0 aliphatic rings. The second-order valence-corrected chi connectivity index (χ2v) is 4.88. The van der Waals surface area contributed by atoms with Crippen LogP contribution in [0.4, 0.5) is 17.6 Å². The molecule has 0 radical (unpaired) electrons. The lowest BCUT2D eigenvalue weighted by Crippen LogP contribution is -2.46. The Morgan fingerprint density at radius 3 is 2.48 bits per heavy atom. The number of halogens is 4. The molecule has 1 aromatic carbocycles. The maximum Gasteiger partial charge on any atom is 0.401 e. The van der Waals surface area contributed by atoms with E-state index in [-0.39, 0.29) is 6.54 Å². The molecule has 0 spiro atoms. The molecule has 0 fully saturated rings. The predicted octanol–water partition coefficient (Wildman–Crippen LogP) is 2.46. The highest BCUT2D eigenvalue weighted by molar-refractivity contribution is 5.22. The molecular formula is C14H20F4N2O. The number of nitrogens with two attached hydrogens (primary N) is 1. The molecule has 1 aromatic rings. The van der Waals surface area contributed by atoms with E-state index in [1.165, 1.54) is 18.2 Å². The molecule has 1 rings (SSSR count). The maximum absolute atomic E-state index is 13.4. The first-order chi connectivity index (χ1) is 9.78. The van der Waals surface area contributed by atoms with Crippen LogP contribution in [0.5, 0.6) is 0 Å². The van der Waals surface area contributed by atoms with Gasteiger partial charge in [-0.3, -0.25) is 4.90 Å². The normalized spacial score (nSPS) is 15.2. The van der Waals surface area contributed by atoms with Crippen molar-refractivity contribution in [3.05, 3.63) is 35.6 Å². The summed E-state index contributed by atoms with van der Waals surface area (Å²) < 4.78 is 51.5. The van der Waals surface area contributed by atoms with Crippen molar-refractivity contribution in [2.45, 2.75) is 31.6 Å². The van der Waals surface area contributed by atoms with Crippen molar-refractivity contribution in [3.63, 3.8) is 0 Å². The molecule has 0 aromatic heterocycles. The van der Waals surface area contributed by atoms with Crippen molar-refractivity contribution in [2.75, 3.05) is 19.7 Å². The third-order valence-electron chi connectivity index (χ3n) is 3.23. The van der Waals surface area contributed by atoms with Gasteiger partial charge in [-0.25, -0.2) is 4.39 Å². The van der Waals surface area contributed by atoms with Crippen LogP contribution < -0.4 is 5.73 Å². The molecule has 0 saturated heterocycles. The van der Waals surface area contributed by atoms with Gasteiger partial charge in [-0.15, -0.1) is 0 Å². The zero-order valence-corrected chi connectivity index (χ0v) is 11.8. The third kappa shape index (κ3) is 5.61. The fourth-order valence-corrected chi connectivity index (χ4v) is 2.32. The number of hydrogen-bond donors (Lipinski definition) is 2. The Kier molecular flexibility index (Phi) is 6.57. The lowest BCUT2D eigenvalue weighted by molar-refractivity contribution is -0.153. The van der Waals surface area contributed by atoms with E-state index in [2.05, 4.69) is 0 Å². The van der Waals surface area contributed by atoms with Gasteiger partial charge in [0, 0.05) is 12.6 Å². The average molecular weight is 308 g/mol. The third-order valence-corrected chi connectivity index (χ3v) is 3.23. The highest BCUT2D eigenvalue weighted by atomic mass is 19.4. The van der Waals surface area contributed by atoms with Gasteiger partial charge >= 0.3 is 6.18 Å². The Hall–Kier alpha value is -1.18. The quantitative estimate of drug-likeness (QED) is 0.761. The van der Waals surface area contributed by atoms with Gasteiger partial charge in [0.25, 0.3) is 0 Å². The summed E-state index contributed by atoms with van der Waals surface area (Å²) in [4.78, 5) is 1.04. The summed E-state index contributed by atoms with van der Waals surface area (Å²) in [5.41, 5.74) is 6.31. The molecule has 2 unspecified atom stereocenters. The van der Waals surface area contributed by atoms with E-state index >= 15 is 0 Å². The maximum atomic E-state index is 13.4. The summed E-state index contributed by atoms with van der Waals surface area (Å²) in [5.74, 6) is -0.531. The van der Waals surface area contributed by atoms with Crippen LogP contribution in [0.3, 0.4) is 0 Å². The summed E-state index contributed by atoms with van der Waals surface area (Å²) >= 11 is 0. The standard InChI is InChI=1S/C14H20F4N2O/c1-2-12(19)13(10-4-3-5-11(15)8-10)20(6-7-21)9-14(16,17)18/h3-5,8,12-13,21H,2,6-7,9,19H2,1H3. The second kappa shape index (κ2) is 7.72. The van der Waals surface area contributed by atoms with Crippen molar-refractivity contribution in [2.24, 2.45) is 5.73 Å². The monoisotopic (exact) mass is 308 g/mol. The highest BCUT2D eigenvalue weighted by Crippen LogP contribution is 2.29. The minimum absolute atomic E-state index is 0.186. The van der Waals surface area contributed by atoms with Crippen LogP contribution in [0.15, 0.2) is 24.3 Å². The van der Waals surface area contributed by atoms with Gasteiger partial charge in [0.1, 0.15) is 5.82 Å². The molecule has 0 aliphatic heterocycles. The summed E-state index contributed by atoms with van der Waals surface area (Å²) in [6.45, 7) is -0.0726. The van der Waals surface area contributed by atoms with Crippen LogP contribution in [-0.4, -0.2) is 41.9 Å². The van der Waals surface area contributed by atoms with Crippen LogP contribution >= 0.6 is 0 Å². The molecule has 3 N–H and O–H groups in total. The van der Waals surface area contributed by atoms with Crippen molar-refractivity contribution in [1.82, 2.24) is 4.90 Å². The Morgan fingerprint density at radius 2 is 2.00 bits per heavy atom. The van der Waals surface area contributed by atoms with E-state index in [4.69, 9.17) is 10.8 Å². The topological polar surface area (TPSA) is 49.5 Å². The second-order valence-electron chi connectivity index (χ2n) is 4.88. The predicted molar refractivity (Wildman–Crippen MR) is 72.1 cm³/mol. The van der Waals surface area contributed by atoms with Crippen LogP contribution in [0.1, 0.15) is 24.9 Å². The van der Waals surface area contributed by atoms with E-state index in [0.29, 0.717) is 12.0 Å². The minimum Gasteiger partial charge on any atom is -0.395 e. The van der Waals surface area contributed by atoms with Gasteiger partial charge in [0.15, 0.2) is 0 Å². The molecule has 2 atom stereocenters. The van der Waals surface area contributed by atoms with Gasteiger partial charge in [-0.1, -0.05) is 19.1 Å². The number of alkyl halides is 3. The van der Waals surface area contributed by atoms with Gasteiger partial charge in [-0.2, -0.15) is 13.2 Å². The molecule has 120 valence electrons. The number of hydrogen-bond acceptors (Lipinski definition) is 3. The SMILES string of the molecule is CCC(N)C(c1cccc(F)c1)N(CCO)CC(F)(F)F. The Morgan fingerprint density at radius 1 is 1.33 bits per heavy atom. The summed E-state index contributed by atoms with van der Waals surface area (Å²) in [7, 11) is 0. The van der Waals surface area contributed by atoms with Crippen LogP contribution in [0.2, 0.25) is 0 Å². The molecule has 0 heterocycles. The lowest BCUT2D eigenvalue weighted by atomic mass is 9.96. The summed E-state index contributed by atoms with van der Waals surface area (Å²) in [6.07, 6.45) is -3.99. The van der Waals surface area contributed by atoms with Crippen molar-refractivity contribution < 1.29 is 22.7 Å². The molecule has 7 heteroatoms. The van der Waals surface area contributed by atoms with Gasteiger partial charge in [0.2, 0.25) is 0 Å². The molecule has 0 saturated carbocycles. The fraction of sp³-hybridized carbons (Fsp3) is 0.571. The average Bonchev–Trinajstić information content (AvgIpc) is 2.37. The summed E-state index contributed by atoms with van der Waals surface area (Å²) in [6, 6.07) is 3.98. The van der Waals surface area contributed by atoms with Crippen molar-refractivity contribution in [1.29, 1.82) is 0 Å². The molecule has 0 aliphatic carbocycles. The molecule has 0 bridgehead atoms. The molecule has 0 amide bonds. The van der Waals surface area contributed by atoms with Gasteiger partial charge in [0.05, 0.1) is 19.2 Å². The summed E-state index contributed by atoms with van der Waals surface area (Å²) in [5, 5.41) is 9.01. The smallest absolute Gasteiger partial charge is 0.395 e. The largest absolute Gasteiger partial charge is 0.401 e. The van der Waals surface area contributed by atoms with E-state index in [1.807, 2.05) is 0 Å². The number of benzene rings is 1. The number of aliphatic hydroxyl groups is 1. The fourth-order valence-electron chi connectivity index (χ4n) is 2.32. The van der Waals surface area contributed by atoms with Crippen molar-refractivity contribution >= 4 is 0 Å². The van der Waals surface area contributed by atoms with Crippen LogP contribution in [0, 0.1) is 5.82 Å². The van der Waals surface area contributed by atoms with E-state index in [0.717, 1.165) is 4.90 Å². The first-order valence-electron chi connectivity index (χ1n) is 6.71. The number of aliphatic hydroxyl groups excluding tert-OH is 1. The first kappa shape index (κ1) is 17.9. The molecule has 21 heavy (non-hydrogen) atoms. The Bertz CT molecular complexity index is 439. The van der Waals surface area contributed by atoms with Gasteiger partial charge in [-0.05, 0) is 24.1 Å². The Labute approximate surface area is 121 Å². The zero-order valence-electron chi connectivity index (χ0n) is 11.8. The van der Waals surface area contributed by atoms with Gasteiger partial charge < -0.3 is 10.8 Å².